The molecule has 0 spiro atoms. The molecule has 1 N–H and O–H groups in total. The Bertz CT molecular complexity index is 1040. The maximum absolute atomic E-state index is 12.7. The number of hydrogen-bond donors (Lipinski definition) is 1. The average molecular weight is 855 g/mol. The van der Waals surface area contributed by atoms with Crippen LogP contribution in [0.1, 0.15) is 219 Å². The third-order valence-electron chi connectivity index (χ3n) is 10.7. The molecule has 8 nitrogen and oxygen atoms in total. The summed E-state index contributed by atoms with van der Waals surface area (Å²) >= 11 is 0. The lowest BCUT2D eigenvalue weighted by atomic mass is 10.0. The summed E-state index contributed by atoms with van der Waals surface area (Å²) in [6.45, 7) is 5.49. The van der Waals surface area contributed by atoms with Crippen LogP contribution in [-0.4, -0.2) is 75.6 Å². The minimum atomic E-state index is -4.28. The van der Waals surface area contributed by atoms with Crippen LogP contribution < -0.4 is 0 Å². The van der Waals surface area contributed by atoms with Crippen molar-refractivity contribution in [2.75, 3.05) is 54.1 Å². The van der Waals surface area contributed by atoms with E-state index in [0.717, 1.165) is 70.6 Å². The number of quaternary nitrogens is 1. The first-order valence-corrected chi connectivity index (χ1v) is 26.2. The zero-order valence-corrected chi connectivity index (χ0v) is 40.4. The molecule has 0 aliphatic rings. The Hall–Kier alpha value is -1.28. The summed E-state index contributed by atoms with van der Waals surface area (Å²) in [6.07, 6.45) is 52.0. The molecule has 0 heterocycles. The fourth-order valence-corrected chi connectivity index (χ4v) is 7.66. The van der Waals surface area contributed by atoms with Gasteiger partial charge in [0.1, 0.15) is 19.3 Å². The molecule has 0 aromatic heterocycles. The third-order valence-corrected chi connectivity index (χ3v) is 11.7. The van der Waals surface area contributed by atoms with E-state index in [0.29, 0.717) is 24.1 Å². The summed E-state index contributed by atoms with van der Waals surface area (Å²) in [7, 11) is 1.66. The van der Waals surface area contributed by atoms with Crippen molar-refractivity contribution in [1.29, 1.82) is 0 Å². The fraction of sp³-hybridized carbons (Fsp3) is 0.860. The van der Waals surface area contributed by atoms with Crippen LogP contribution in [0.4, 0.5) is 0 Å². The normalized spacial score (nSPS) is 13.9. The Morgan fingerprint density at radius 3 is 1.47 bits per heavy atom. The topological polar surface area (TPSA) is 91.3 Å². The molecule has 0 saturated carbocycles. The van der Waals surface area contributed by atoms with Crippen LogP contribution in [0.5, 0.6) is 0 Å². The molecule has 0 bridgehead atoms. The van der Waals surface area contributed by atoms with Crippen molar-refractivity contribution in [3.8, 4) is 0 Å². The molecule has 2 atom stereocenters. The molecule has 0 aliphatic heterocycles. The highest BCUT2D eigenvalue weighted by atomic mass is 31.2. The summed E-state index contributed by atoms with van der Waals surface area (Å²) in [4.78, 5) is 23.0. The summed E-state index contributed by atoms with van der Waals surface area (Å²) in [5.74, 6) is -0.318. The molecule has 9 heteroatoms. The number of phosphoric acid groups is 1. The first-order chi connectivity index (χ1) is 28.6. The number of carbonyl (C=O) groups is 1. The maximum atomic E-state index is 12.7. The van der Waals surface area contributed by atoms with Crippen LogP contribution in [0.3, 0.4) is 0 Å². The number of allylic oxidation sites excluding steroid dienone is 6. The zero-order chi connectivity index (χ0) is 43.4. The summed E-state index contributed by atoms with van der Waals surface area (Å²) in [5.41, 5.74) is 0. The number of unbranched alkanes of at least 4 members (excludes halogenated alkanes) is 26. The van der Waals surface area contributed by atoms with Crippen LogP contribution in [0.25, 0.3) is 0 Å². The van der Waals surface area contributed by atoms with Gasteiger partial charge < -0.3 is 18.9 Å². The van der Waals surface area contributed by atoms with Crippen LogP contribution in [0.2, 0.25) is 0 Å². The van der Waals surface area contributed by atoms with Crippen LogP contribution in [0.15, 0.2) is 36.5 Å². The van der Waals surface area contributed by atoms with E-state index in [2.05, 4.69) is 50.3 Å². The van der Waals surface area contributed by atoms with E-state index in [1.54, 1.807) is 0 Å². The van der Waals surface area contributed by atoms with Gasteiger partial charge in [0.15, 0.2) is 0 Å². The number of ether oxygens (including phenoxy) is 2. The zero-order valence-electron chi connectivity index (χ0n) is 39.5. The maximum Gasteiger partial charge on any atom is 0.472 e. The van der Waals surface area contributed by atoms with Crippen molar-refractivity contribution in [3.05, 3.63) is 36.5 Å². The van der Waals surface area contributed by atoms with E-state index in [1.165, 1.54) is 128 Å². The van der Waals surface area contributed by atoms with E-state index in [4.69, 9.17) is 18.5 Å². The largest absolute Gasteiger partial charge is 0.472 e. The van der Waals surface area contributed by atoms with Crippen molar-refractivity contribution in [2.24, 2.45) is 0 Å². The molecule has 59 heavy (non-hydrogen) atoms. The number of nitrogens with zero attached hydrogens (tertiary/aromatic N) is 1. The first kappa shape index (κ1) is 57.7. The van der Waals surface area contributed by atoms with Crippen LogP contribution >= 0.6 is 7.82 Å². The molecule has 0 amide bonds. The predicted molar refractivity (Wildman–Crippen MR) is 252 cm³/mol. The smallest absolute Gasteiger partial charge is 0.457 e. The molecule has 2 unspecified atom stereocenters. The SMILES string of the molecule is CC/C=C\C/C=C\C/C=C\CCCCCCOCC(COP(=O)(O)OCC[N+](C)(C)C)OC(=O)CCCCCCCCCCCCCCCCCCCCCCCCC. The van der Waals surface area contributed by atoms with Crippen molar-refractivity contribution >= 4 is 13.8 Å². The van der Waals surface area contributed by atoms with Crippen molar-refractivity contribution in [1.82, 2.24) is 0 Å². The number of hydrogen-bond acceptors (Lipinski definition) is 6. The molecule has 348 valence electrons. The molecule has 0 radical (unpaired) electrons. The Kier molecular flexibility index (Phi) is 42.4. The Labute approximate surface area is 365 Å². The minimum absolute atomic E-state index is 0.0849. The Balaban J connectivity index is 4.10. The van der Waals surface area contributed by atoms with Crippen molar-refractivity contribution < 1.29 is 37.3 Å². The van der Waals surface area contributed by atoms with E-state index >= 15 is 0 Å². The van der Waals surface area contributed by atoms with Gasteiger partial charge in [-0.15, -0.1) is 0 Å². The number of phosphoric ester groups is 1. The highest BCUT2D eigenvalue weighted by molar-refractivity contribution is 7.47. The van der Waals surface area contributed by atoms with Crippen molar-refractivity contribution in [3.63, 3.8) is 0 Å². The number of rotatable bonds is 46. The second-order valence-electron chi connectivity index (χ2n) is 17.8. The fourth-order valence-electron chi connectivity index (χ4n) is 6.92. The summed E-state index contributed by atoms with van der Waals surface area (Å²) < 4.78 is 35.1. The molecule has 0 saturated heterocycles. The molecule has 0 aliphatic carbocycles. The van der Waals surface area contributed by atoms with Crippen molar-refractivity contribution in [2.45, 2.75) is 225 Å². The van der Waals surface area contributed by atoms with E-state index in [9.17, 15) is 14.3 Å². The number of likely N-dealkylation sites (N-methyl/N-ethyl adjacent to an activating group) is 1. The molecule has 0 rings (SSSR count). The molecule has 0 aromatic carbocycles. The molecular weight excluding hydrogens is 758 g/mol. The molecule has 0 fully saturated rings. The summed E-state index contributed by atoms with van der Waals surface area (Å²) in [6, 6.07) is 0. The monoisotopic (exact) mass is 855 g/mol. The van der Waals surface area contributed by atoms with Gasteiger partial charge in [0.25, 0.3) is 0 Å². The Morgan fingerprint density at radius 2 is 0.983 bits per heavy atom. The quantitative estimate of drug-likeness (QED) is 0.0214. The minimum Gasteiger partial charge on any atom is -0.457 e. The van der Waals surface area contributed by atoms with Gasteiger partial charge in [0.05, 0.1) is 34.4 Å². The predicted octanol–water partition coefficient (Wildman–Crippen LogP) is 14.9. The van der Waals surface area contributed by atoms with Gasteiger partial charge in [-0.1, -0.05) is 204 Å². The summed E-state index contributed by atoms with van der Waals surface area (Å²) in [5, 5.41) is 0. The van der Waals surface area contributed by atoms with Gasteiger partial charge >= 0.3 is 13.8 Å². The van der Waals surface area contributed by atoms with Crippen LogP contribution in [-0.2, 0) is 27.9 Å². The standard InChI is InChI=1S/C50H96NO7P/c1-6-8-10-12-14-16-18-20-22-23-24-25-26-27-28-29-30-31-33-35-37-39-41-43-50(52)58-49(48-57-59(53,54)56-46-44-51(3,4)5)47-55-45-42-40-38-36-34-32-21-19-17-15-13-11-9-7-2/h9,11,15,17,21,32,49H,6-8,10,12-14,16,18-20,22-31,33-48H2,1-5H3/p+1/b11-9-,17-15-,32-21-. The lowest BCUT2D eigenvalue weighted by Crippen LogP contribution is -2.37. The number of esters is 1. The van der Waals surface area contributed by atoms with Gasteiger partial charge in [-0.2, -0.15) is 0 Å². The number of carbonyl (C=O) groups excluding carboxylic acids is 1. The van der Waals surface area contributed by atoms with Gasteiger partial charge in [-0.25, -0.2) is 4.57 Å². The van der Waals surface area contributed by atoms with Gasteiger partial charge in [-0.3, -0.25) is 13.8 Å². The second kappa shape index (κ2) is 43.4. The van der Waals surface area contributed by atoms with Crippen LogP contribution in [0, 0.1) is 0 Å². The van der Waals surface area contributed by atoms with Gasteiger partial charge in [0.2, 0.25) is 0 Å². The highest BCUT2D eigenvalue weighted by Crippen LogP contribution is 2.43. The second-order valence-corrected chi connectivity index (χ2v) is 19.3. The highest BCUT2D eigenvalue weighted by Gasteiger charge is 2.26. The average Bonchev–Trinajstić information content (AvgIpc) is 3.19. The lowest BCUT2D eigenvalue weighted by Gasteiger charge is -2.24. The van der Waals surface area contributed by atoms with E-state index in [-0.39, 0.29) is 25.8 Å². The third kappa shape index (κ3) is 47.6. The molecule has 0 aromatic rings. The van der Waals surface area contributed by atoms with Gasteiger partial charge in [-0.05, 0) is 44.9 Å². The Morgan fingerprint density at radius 1 is 0.542 bits per heavy atom. The first-order valence-electron chi connectivity index (χ1n) is 24.7. The van der Waals surface area contributed by atoms with Gasteiger partial charge in [0, 0.05) is 13.0 Å². The van der Waals surface area contributed by atoms with E-state index in [1.807, 2.05) is 21.1 Å². The lowest BCUT2D eigenvalue weighted by molar-refractivity contribution is -0.870. The van der Waals surface area contributed by atoms with E-state index < -0.39 is 13.9 Å². The molecular formula is C50H97NO7P+.